The van der Waals surface area contributed by atoms with Crippen LogP contribution in [-0.4, -0.2) is 85.6 Å². The maximum atomic E-state index is 11.7. The molecule has 0 amide bonds. The molecule has 1 aliphatic heterocycles. The van der Waals surface area contributed by atoms with Gasteiger partial charge < -0.3 is 44.8 Å². The zero-order valence-corrected chi connectivity index (χ0v) is 15.5. The third kappa shape index (κ3) is 5.39. The second-order valence-electron chi connectivity index (χ2n) is 7.12. The third-order valence-electron chi connectivity index (χ3n) is 4.30. The average Bonchev–Trinajstić information content (AvgIpc) is 2.66. The Morgan fingerprint density at radius 1 is 1.14 bits per heavy atom. The fourth-order valence-electron chi connectivity index (χ4n) is 2.48. The van der Waals surface area contributed by atoms with Crippen LogP contribution in [0.5, 0.6) is 5.75 Å². The number of carbonyl (C=O) groups excluding carboxylic acids is 1. The molecule has 6 atom stereocenters. The highest BCUT2D eigenvalue weighted by atomic mass is 16.7. The number of benzene rings is 1. The molecule has 158 valence electrons. The molecule has 0 bridgehead atoms. The van der Waals surface area contributed by atoms with Gasteiger partial charge >= 0.3 is 5.97 Å². The van der Waals surface area contributed by atoms with Gasteiger partial charge in [0.15, 0.2) is 6.10 Å². The summed E-state index contributed by atoms with van der Waals surface area (Å²) < 4.78 is 15.6. The van der Waals surface area contributed by atoms with E-state index in [0.29, 0.717) is 5.56 Å². The van der Waals surface area contributed by atoms with E-state index in [1.165, 1.54) is 26.0 Å². The molecule has 6 unspecified atom stereocenters. The summed E-state index contributed by atoms with van der Waals surface area (Å²) >= 11 is 0. The van der Waals surface area contributed by atoms with Crippen LogP contribution in [0, 0.1) is 0 Å². The lowest BCUT2D eigenvalue weighted by Gasteiger charge is -2.39. The first-order chi connectivity index (χ1) is 13.0. The van der Waals surface area contributed by atoms with Crippen LogP contribution >= 0.6 is 0 Å². The van der Waals surface area contributed by atoms with Crippen LogP contribution in [0.3, 0.4) is 0 Å². The Morgan fingerprint density at radius 2 is 1.75 bits per heavy atom. The lowest BCUT2D eigenvalue weighted by Crippen LogP contribution is -2.60. The van der Waals surface area contributed by atoms with E-state index in [2.05, 4.69) is 0 Å². The van der Waals surface area contributed by atoms with Crippen LogP contribution < -0.4 is 4.74 Å². The lowest BCUT2D eigenvalue weighted by molar-refractivity contribution is -0.277. The molecular formula is C18H26O10. The van der Waals surface area contributed by atoms with Crippen LogP contribution in [0.15, 0.2) is 24.3 Å². The summed E-state index contributed by atoms with van der Waals surface area (Å²) in [5, 5.41) is 57.8. The standard InChI is InChI=1S/C18H26O10/c1-18(2,25)15(23)16(24)26-8-9-3-5-10(6-4-9)27-17-14(22)13(21)12(20)11(7-19)28-17/h3-6,11-15,17,19-23,25H,7-8H2,1-2H3. The van der Waals surface area contributed by atoms with Crippen molar-refractivity contribution >= 4 is 5.97 Å². The lowest BCUT2D eigenvalue weighted by atomic mass is 9.99. The van der Waals surface area contributed by atoms with Crippen LogP contribution in [0.1, 0.15) is 19.4 Å². The van der Waals surface area contributed by atoms with Crippen molar-refractivity contribution in [1.29, 1.82) is 0 Å². The van der Waals surface area contributed by atoms with Gasteiger partial charge in [0.05, 0.1) is 12.2 Å². The van der Waals surface area contributed by atoms with Crippen LogP contribution in [0.25, 0.3) is 0 Å². The average molecular weight is 402 g/mol. The molecule has 10 heteroatoms. The number of hydrogen-bond acceptors (Lipinski definition) is 10. The van der Waals surface area contributed by atoms with E-state index < -0.39 is 55.0 Å². The minimum Gasteiger partial charge on any atom is -0.462 e. The molecule has 1 aliphatic rings. The fraction of sp³-hybridized carbons (Fsp3) is 0.611. The molecule has 6 N–H and O–H groups in total. The van der Waals surface area contributed by atoms with Crippen molar-refractivity contribution in [3.63, 3.8) is 0 Å². The highest BCUT2D eigenvalue weighted by Gasteiger charge is 2.44. The SMILES string of the molecule is CC(C)(O)C(O)C(=O)OCc1ccc(OC2OC(CO)C(O)C(O)C2O)cc1. The van der Waals surface area contributed by atoms with Gasteiger partial charge in [-0.15, -0.1) is 0 Å². The zero-order valence-electron chi connectivity index (χ0n) is 15.5. The predicted octanol–water partition coefficient (Wildman–Crippen LogP) is -1.96. The quantitative estimate of drug-likeness (QED) is 0.282. The van der Waals surface area contributed by atoms with Gasteiger partial charge in [-0.3, -0.25) is 0 Å². The predicted molar refractivity (Wildman–Crippen MR) is 92.9 cm³/mol. The Labute approximate surface area is 161 Å². The summed E-state index contributed by atoms with van der Waals surface area (Å²) in [6.45, 7) is 1.85. The van der Waals surface area contributed by atoms with Crippen LogP contribution in [0.2, 0.25) is 0 Å². The number of aliphatic hydroxyl groups is 6. The Bertz CT molecular complexity index is 639. The summed E-state index contributed by atoms with van der Waals surface area (Å²) in [4.78, 5) is 11.7. The first kappa shape index (κ1) is 22.5. The van der Waals surface area contributed by atoms with Crippen molar-refractivity contribution < 1.29 is 49.6 Å². The van der Waals surface area contributed by atoms with Crippen molar-refractivity contribution in [3.05, 3.63) is 29.8 Å². The van der Waals surface area contributed by atoms with Gasteiger partial charge in [-0.2, -0.15) is 0 Å². The van der Waals surface area contributed by atoms with Crippen molar-refractivity contribution in [2.45, 2.75) is 62.9 Å². The van der Waals surface area contributed by atoms with E-state index in [-0.39, 0.29) is 12.4 Å². The smallest absolute Gasteiger partial charge is 0.338 e. The Balaban J connectivity index is 1.93. The monoisotopic (exact) mass is 402 g/mol. The Morgan fingerprint density at radius 3 is 2.29 bits per heavy atom. The molecule has 1 aromatic rings. The van der Waals surface area contributed by atoms with Crippen LogP contribution in [0.4, 0.5) is 0 Å². The Hall–Kier alpha value is -1.79. The first-order valence-corrected chi connectivity index (χ1v) is 8.67. The molecule has 1 fully saturated rings. The molecule has 0 aromatic heterocycles. The van der Waals surface area contributed by atoms with Gasteiger partial charge in [-0.1, -0.05) is 12.1 Å². The molecule has 1 aromatic carbocycles. The molecule has 10 nitrogen and oxygen atoms in total. The summed E-state index contributed by atoms with van der Waals surface area (Å²) in [6, 6.07) is 6.11. The van der Waals surface area contributed by atoms with E-state index >= 15 is 0 Å². The van der Waals surface area contributed by atoms with Gasteiger partial charge in [-0.25, -0.2) is 4.79 Å². The molecule has 0 spiro atoms. The number of aliphatic hydroxyl groups excluding tert-OH is 5. The minimum absolute atomic E-state index is 0.147. The van der Waals surface area contributed by atoms with E-state index in [9.17, 15) is 35.4 Å². The van der Waals surface area contributed by atoms with E-state index in [0.717, 1.165) is 0 Å². The molecule has 1 heterocycles. The summed E-state index contributed by atoms with van der Waals surface area (Å²) in [7, 11) is 0. The maximum absolute atomic E-state index is 11.7. The van der Waals surface area contributed by atoms with Gasteiger partial charge in [0.2, 0.25) is 6.29 Å². The number of ether oxygens (including phenoxy) is 3. The number of esters is 1. The fourth-order valence-corrected chi connectivity index (χ4v) is 2.48. The zero-order chi connectivity index (χ0) is 21.1. The second kappa shape index (κ2) is 9.14. The minimum atomic E-state index is -1.68. The normalized spacial score (nSPS) is 29.2. The van der Waals surface area contributed by atoms with Crippen molar-refractivity contribution in [2.75, 3.05) is 6.61 Å². The van der Waals surface area contributed by atoms with E-state index in [1.807, 2.05) is 0 Å². The van der Waals surface area contributed by atoms with Gasteiger partial charge in [0, 0.05) is 0 Å². The van der Waals surface area contributed by atoms with Crippen LogP contribution in [-0.2, 0) is 20.9 Å². The maximum Gasteiger partial charge on any atom is 0.338 e. The highest BCUT2D eigenvalue weighted by Crippen LogP contribution is 2.24. The second-order valence-corrected chi connectivity index (χ2v) is 7.12. The van der Waals surface area contributed by atoms with Gasteiger partial charge in [0.1, 0.15) is 36.8 Å². The summed E-state index contributed by atoms with van der Waals surface area (Å²) in [6.07, 6.45) is -8.61. The number of carbonyl (C=O) groups is 1. The molecule has 0 saturated carbocycles. The summed E-state index contributed by atoms with van der Waals surface area (Å²) in [5.41, 5.74) is -1.06. The van der Waals surface area contributed by atoms with Crippen molar-refractivity contribution in [2.24, 2.45) is 0 Å². The van der Waals surface area contributed by atoms with E-state index in [1.54, 1.807) is 12.1 Å². The highest BCUT2D eigenvalue weighted by molar-refractivity contribution is 5.75. The van der Waals surface area contributed by atoms with E-state index in [4.69, 9.17) is 14.2 Å². The molecular weight excluding hydrogens is 376 g/mol. The number of rotatable bonds is 7. The number of hydrogen-bond donors (Lipinski definition) is 6. The molecule has 1 saturated heterocycles. The van der Waals surface area contributed by atoms with Crippen molar-refractivity contribution in [1.82, 2.24) is 0 Å². The molecule has 28 heavy (non-hydrogen) atoms. The molecule has 2 rings (SSSR count). The molecule has 0 aliphatic carbocycles. The summed E-state index contributed by atoms with van der Waals surface area (Å²) in [5.74, 6) is -0.704. The topological polar surface area (TPSA) is 166 Å². The first-order valence-electron chi connectivity index (χ1n) is 8.67. The third-order valence-corrected chi connectivity index (χ3v) is 4.30. The Kier molecular flexibility index (Phi) is 7.34. The van der Waals surface area contributed by atoms with Crippen molar-refractivity contribution in [3.8, 4) is 5.75 Å². The van der Waals surface area contributed by atoms with Gasteiger partial charge in [0.25, 0.3) is 0 Å². The molecule has 0 radical (unpaired) electrons. The largest absolute Gasteiger partial charge is 0.462 e. The van der Waals surface area contributed by atoms with Gasteiger partial charge in [-0.05, 0) is 31.5 Å².